The van der Waals surface area contributed by atoms with Gasteiger partial charge in [-0.25, -0.2) is 4.39 Å². The van der Waals surface area contributed by atoms with Crippen molar-refractivity contribution in [2.75, 3.05) is 26.7 Å². The minimum atomic E-state index is -5.00. The zero-order valence-corrected chi connectivity index (χ0v) is 23.2. The van der Waals surface area contributed by atoms with Crippen LogP contribution in [0.15, 0.2) is 36.4 Å². The minimum Gasteiger partial charge on any atom is -0.352 e. The number of carbonyl (C=O) groups excluding carboxylic acids is 2. The fourth-order valence-corrected chi connectivity index (χ4v) is 5.28. The van der Waals surface area contributed by atoms with E-state index in [1.54, 1.807) is 13.0 Å². The van der Waals surface area contributed by atoms with E-state index in [-0.39, 0.29) is 42.5 Å². The lowest BCUT2D eigenvalue weighted by Crippen LogP contribution is -2.48. The molecule has 226 valence electrons. The summed E-state index contributed by atoms with van der Waals surface area (Å²) in [6.07, 6.45) is -7.83. The molecule has 2 atom stereocenters. The van der Waals surface area contributed by atoms with Crippen molar-refractivity contribution in [3.63, 3.8) is 0 Å². The van der Waals surface area contributed by atoms with Crippen molar-refractivity contribution in [3.8, 4) is 0 Å². The highest BCUT2D eigenvalue weighted by Crippen LogP contribution is 2.38. The van der Waals surface area contributed by atoms with Gasteiger partial charge in [0, 0.05) is 38.0 Å². The molecule has 2 amide bonds. The molecule has 1 saturated carbocycles. The van der Waals surface area contributed by atoms with E-state index in [1.165, 1.54) is 19.2 Å². The Bertz CT molecular complexity index is 1230. The summed E-state index contributed by atoms with van der Waals surface area (Å²) in [7, 11) is 1.33. The molecule has 1 N–H and O–H groups in total. The molecule has 5 nitrogen and oxygen atoms in total. The van der Waals surface area contributed by atoms with E-state index < -0.39 is 53.6 Å². The minimum absolute atomic E-state index is 0. The number of aryl methyl sites for hydroxylation is 1. The zero-order valence-electron chi connectivity index (χ0n) is 22.4. The average Bonchev–Trinajstić information content (AvgIpc) is 3.66. The van der Waals surface area contributed by atoms with Gasteiger partial charge in [-0.2, -0.15) is 26.3 Å². The van der Waals surface area contributed by atoms with Crippen LogP contribution in [0.2, 0.25) is 0 Å². The maximum atomic E-state index is 13.9. The van der Waals surface area contributed by atoms with E-state index in [0.717, 1.165) is 17.7 Å². The highest BCUT2D eigenvalue weighted by Gasteiger charge is 2.39. The summed E-state index contributed by atoms with van der Waals surface area (Å²) in [5.41, 5.74) is -1.91. The van der Waals surface area contributed by atoms with Gasteiger partial charge in [0.1, 0.15) is 5.82 Å². The van der Waals surface area contributed by atoms with E-state index in [0.29, 0.717) is 42.8 Å². The second kappa shape index (κ2) is 12.6. The predicted octanol–water partition coefficient (Wildman–Crippen LogP) is 5.94. The van der Waals surface area contributed by atoms with Gasteiger partial charge < -0.3 is 10.2 Å². The number of rotatable bonds is 7. The summed E-state index contributed by atoms with van der Waals surface area (Å²) in [5, 5.41) is 2.92. The molecule has 2 aliphatic rings. The highest BCUT2D eigenvalue weighted by molar-refractivity contribution is 5.85. The molecule has 2 aromatic rings. The van der Waals surface area contributed by atoms with Crippen LogP contribution in [0.4, 0.5) is 30.7 Å². The summed E-state index contributed by atoms with van der Waals surface area (Å²) < 4.78 is 93.8. The number of carbonyl (C=O) groups is 2. The largest absolute Gasteiger partial charge is 0.416 e. The van der Waals surface area contributed by atoms with Gasteiger partial charge in [0.2, 0.25) is 11.8 Å². The van der Waals surface area contributed by atoms with Crippen molar-refractivity contribution in [3.05, 3.63) is 70.0 Å². The molecular weight excluding hydrogens is 579 g/mol. The summed E-state index contributed by atoms with van der Waals surface area (Å²) >= 11 is 0. The summed E-state index contributed by atoms with van der Waals surface area (Å²) in [6, 6.07) is 5.64. The molecule has 0 unspecified atom stereocenters. The maximum Gasteiger partial charge on any atom is 0.416 e. The lowest BCUT2D eigenvalue weighted by atomic mass is 9.78. The summed E-state index contributed by atoms with van der Waals surface area (Å²) in [5.74, 6) is -2.19. The number of benzene rings is 2. The van der Waals surface area contributed by atoms with Gasteiger partial charge in [0.15, 0.2) is 0 Å². The number of nitrogens with one attached hydrogen (secondary N) is 1. The fourth-order valence-electron chi connectivity index (χ4n) is 5.28. The third-order valence-corrected chi connectivity index (χ3v) is 7.40. The van der Waals surface area contributed by atoms with Crippen LogP contribution < -0.4 is 5.32 Å². The molecule has 0 aromatic heterocycles. The van der Waals surface area contributed by atoms with Crippen molar-refractivity contribution < 1.29 is 40.3 Å². The van der Waals surface area contributed by atoms with Gasteiger partial charge in [-0.15, -0.1) is 12.4 Å². The highest BCUT2D eigenvalue weighted by atomic mass is 35.5. The second-order valence-electron chi connectivity index (χ2n) is 10.7. The standard InChI is InChI=1S/C28H30F7N3O2.ClH/c1-16-9-20(29)3-6-22(16)24-14-38(15-25(39)36-21-4-5-21)8-7-23(24)26(40)37(2)13-17-10-18(27(30,31)32)12-19(11-17)28(33,34)35;/h3,6,9-12,21,23-24H,4-5,7-8,13-15H2,1-2H3,(H,36,39);1H/t23-,24+;/m1./s1. The molecule has 4 rings (SSSR count). The lowest BCUT2D eigenvalue weighted by Gasteiger charge is -2.40. The first kappa shape index (κ1) is 32.7. The molecule has 0 bridgehead atoms. The molecule has 13 heteroatoms. The Labute approximate surface area is 239 Å². The van der Waals surface area contributed by atoms with Crippen LogP contribution in [-0.4, -0.2) is 54.3 Å². The summed E-state index contributed by atoms with van der Waals surface area (Å²) in [6.45, 7) is 2.04. The second-order valence-corrected chi connectivity index (χ2v) is 10.7. The van der Waals surface area contributed by atoms with Gasteiger partial charge in [0.25, 0.3) is 0 Å². The number of hydrogen-bond acceptors (Lipinski definition) is 3. The molecule has 2 fully saturated rings. The Hall–Kier alpha value is -2.86. The Kier molecular flexibility index (Phi) is 10.0. The van der Waals surface area contributed by atoms with E-state index in [4.69, 9.17) is 0 Å². The number of alkyl halides is 6. The summed E-state index contributed by atoms with van der Waals surface area (Å²) in [4.78, 5) is 29.0. The number of amides is 2. The molecule has 1 heterocycles. The molecule has 0 spiro atoms. The zero-order chi connectivity index (χ0) is 29.4. The van der Waals surface area contributed by atoms with Gasteiger partial charge in [0.05, 0.1) is 17.7 Å². The number of nitrogens with zero attached hydrogens (tertiary/aromatic N) is 2. The van der Waals surface area contributed by atoms with Crippen LogP contribution in [0.1, 0.15) is 53.0 Å². The van der Waals surface area contributed by atoms with Gasteiger partial charge in [-0.1, -0.05) is 6.07 Å². The lowest BCUT2D eigenvalue weighted by molar-refractivity contribution is -0.143. The number of hydrogen-bond donors (Lipinski definition) is 1. The first-order valence-corrected chi connectivity index (χ1v) is 12.9. The topological polar surface area (TPSA) is 52.7 Å². The van der Waals surface area contributed by atoms with Crippen molar-refractivity contribution in [2.45, 2.75) is 57.0 Å². The average molecular weight is 610 g/mol. The number of piperidine rings is 1. The first-order valence-electron chi connectivity index (χ1n) is 12.9. The van der Waals surface area contributed by atoms with Crippen molar-refractivity contribution in [1.82, 2.24) is 15.1 Å². The van der Waals surface area contributed by atoms with E-state index in [2.05, 4.69) is 5.32 Å². The molecule has 2 aromatic carbocycles. The SMILES string of the molecule is Cc1cc(F)ccc1[C@@H]1CN(CC(=O)NC2CC2)CC[C@H]1C(=O)N(C)Cc1cc(C(F)(F)F)cc(C(F)(F)F)c1.Cl. The van der Waals surface area contributed by atoms with Gasteiger partial charge in [-0.05, 0) is 79.8 Å². The number of halogens is 8. The van der Waals surface area contributed by atoms with Crippen molar-refractivity contribution in [1.29, 1.82) is 0 Å². The Balaban J connectivity index is 0.00000462. The van der Waals surface area contributed by atoms with Crippen molar-refractivity contribution in [2.24, 2.45) is 5.92 Å². The van der Waals surface area contributed by atoms with Gasteiger partial charge in [-0.3, -0.25) is 14.5 Å². The molecular formula is C28H31ClF7N3O2. The molecule has 0 radical (unpaired) electrons. The Morgan fingerprint density at radius 1 is 0.976 bits per heavy atom. The third-order valence-electron chi connectivity index (χ3n) is 7.40. The molecule has 41 heavy (non-hydrogen) atoms. The van der Waals surface area contributed by atoms with Crippen LogP contribution >= 0.6 is 12.4 Å². The van der Waals surface area contributed by atoms with E-state index >= 15 is 0 Å². The Morgan fingerprint density at radius 3 is 2.12 bits per heavy atom. The molecule has 1 aliphatic carbocycles. The first-order chi connectivity index (χ1) is 18.6. The normalized spacial score (nSPS) is 19.8. The monoisotopic (exact) mass is 609 g/mol. The fraction of sp³-hybridized carbons (Fsp3) is 0.500. The molecule has 1 aliphatic heterocycles. The number of likely N-dealkylation sites (tertiary alicyclic amines) is 1. The Morgan fingerprint density at radius 2 is 1.59 bits per heavy atom. The third kappa shape index (κ3) is 8.34. The van der Waals surface area contributed by atoms with Crippen molar-refractivity contribution >= 4 is 24.2 Å². The quantitative estimate of drug-likeness (QED) is 0.396. The smallest absolute Gasteiger partial charge is 0.352 e. The van der Waals surface area contributed by atoms with Crippen LogP contribution in [0.25, 0.3) is 0 Å². The van der Waals surface area contributed by atoms with E-state index in [1.807, 2.05) is 4.90 Å². The van der Waals surface area contributed by atoms with Crippen LogP contribution in [0.3, 0.4) is 0 Å². The maximum absolute atomic E-state index is 13.9. The van der Waals surface area contributed by atoms with Crippen LogP contribution in [-0.2, 0) is 28.5 Å². The predicted molar refractivity (Wildman–Crippen MR) is 140 cm³/mol. The van der Waals surface area contributed by atoms with Crippen LogP contribution in [0, 0.1) is 18.7 Å². The molecule has 1 saturated heterocycles. The van der Waals surface area contributed by atoms with Gasteiger partial charge >= 0.3 is 12.4 Å². The van der Waals surface area contributed by atoms with E-state index in [9.17, 15) is 40.3 Å². The van der Waals surface area contributed by atoms with Crippen LogP contribution in [0.5, 0.6) is 0 Å².